The number of rotatable bonds is 8. The summed E-state index contributed by atoms with van der Waals surface area (Å²) in [6, 6.07) is 9.19. The van der Waals surface area contributed by atoms with Crippen LogP contribution in [0, 0.1) is 0 Å². The molecule has 0 spiro atoms. The quantitative estimate of drug-likeness (QED) is 0.243. The van der Waals surface area contributed by atoms with Crippen LogP contribution in [0.5, 0.6) is 0 Å². The molecule has 5 nitrogen and oxygen atoms in total. The molecule has 0 unspecified atom stereocenters. The van der Waals surface area contributed by atoms with Crippen molar-refractivity contribution in [1.29, 1.82) is 0 Å². The lowest BCUT2D eigenvalue weighted by Gasteiger charge is -2.15. The molecule has 0 saturated carbocycles. The highest BCUT2D eigenvalue weighted by molar-refractivity contribution is 6.19. The molecule has 5 heteroatoms. The largest absolute Gasteiger partial charge is 0.463 e. The molecule has 0 fully saturated rings. The van der Waals surface area contributed by atoms with E-state index in [1.54, 1.807) is 6.08 Å². The van der Waals surface area contributed by atoms with Crippen LogP contribution in [-0.2, 0) is 19.2 Å². The van der Waals surface area contributed by atoms with E-state index < -0.39 is 5.97 Å². The fourth-order valence-electron chi connectivity index (χ4n) is 1.75. The second kappa shape index (κ2) is 10.3. The van der Waals surface area contributed by atoms with E-state index in [2.05, 4.69) is 0 Å². The number of hydrogen-bond donors (Lipinski definition) is 0. The van der Waals surface area contributed by atoms with Gasteiger partial charge in [0.05, 0.1) is 13.7 Å². The van der Waals surface area contributed by atoms with E-state index in [-0.39, 0.29) is 5.91 Å². The van der Waals surface area contributed by atoms with Gasteiger partial charge in [-0.05, 0) is 18.1 Å². The Labute approximate surface area is 137 Å². The molecule has 0 bridgehead atoms. The number of unbranched alkanes of at least 4 members (excludes halogenated alkanes) is 1. The zero-order chi connectivity index (χ0) is 17.1. The summed E-state index contributed by atoms with van der Waals surface area (Å²) in [4.78, 5) is 28.8. The number of hydroxylamine groups is 2. The van der Waals surface area contributed by atoms with Gasteiger partial charge in [0, 0.05) is 18.7 Å². The molecule has 1 aromatic carbocycles. The summed E-state index contributed by atoms with van der Waals surface area (Å²) in [5.41, 5.74) is 1.16. The number of nitrogens with zero attached hydrogens (tertiary/aromatic N) is 1. The van der Waals surface area contributed by atoms with Crippen LogP contribution in [-0.4, -0.2) is 37.7 Å². The third kappa shape index (κ3) is 6.48. The molecule has 0 aliphatic carbocycles. The monoisotopic (exact) mass is 317 g/mol. The highest BCUT2D eigenvalue weighted by Gasteiger charge is 2.15. The molecular weight excluding hydrogens is 294 g/mol. The van der Waals surface area contributed by atoms with Gasteiger partial charge in [-0.15, -0.1) is 0 Å². The van der Waals surface area contributed by atoms with Crippen molar-refractivity contribution in [2.45, 2.75) is 19.8 Å². The first-order valence-electron chi connectivity index (χ1n) is 7.52. The van der Waals surface area contributed by atoms with Gasteiger partial charge in [-0.2, -0.15) is 0 Å². The molecule has 23 heavy (non-hydrogen) atoms. The second-order valence-electron chi connectivity index (χ2n) is 4.81. The van der Waals surface area contributed by atoms with Crippen molar-refractivity contribution in [2.75, 3.05) is 20.8 Å². The lowest BCUT2D eigenvalue weighted by molar-refractivity contribution is -0.161. The standard InChI is InChI=1S/C18H23NO4/c1-4-5-14-23-17(20)13-9-12-16(18(21)19(2)22-3)15-10-7-6-8-11-15/h6-13H,4-5,14H2,1-3H3/b13-9+,16-12-. The van der Waals surface area contributed by atoms with E-state index in [1.165, 1.54) is 26.3 Å². The van der Waals surface area contributed by atoms with E-state index in [1.807, 2.05) is 37.3 Å². The van der Waals surface area contributed by atoms with Crippen LogP contribution >= 0.6 is 0 Å². The Hall–Kier alpha value is -2.40. The van der Waals surface area contributed by atoms with Gasteiger partial charge in [-0.25, -0.2) is 9.86 Å². The number of carbonyl (C=O) groups excluding carboxylic acids is 2. The highest BCUT2D eigenvalue weighted by Crippen LogP contribution is 2.17. The first-order valence-corrected chi connectivity index (χ1v) is 7.52. The van der Waals surface area contributed by atoms with Gasteiger partial charge in [-0.1, -0.05) is 49.8 Å². The molecule has 0 aromatic heterocycles. The van der Waals surface area contributed by atoms with E-state index in [9.17, 15) is 9.59 Å². The summed E-state index contributed by atoms with van der Waals surface area (Å²) in [6.07, 6.45) is 6.19. The summed E-state index contributed by atoms with van der Waals surface area (Å²) < 4.78 is 5.02. The minimum absolute atomic E-state index is 0.303. The van der Waals surface area contributed by atoms with Crippen LogP contribution in [0.2, 0.25) is 0 Å². The molecule has 1 aromatic rings. The van der Waals surface area contributed by atoms with Crippen molar-refractivity contribution in [1.82, 2.24) is 5.06 Å². The van der Waals surface area contributed by atoms with E-state index in [0.29, 0.717) is 12.2 Å². The van der Waals surface area contributed by atoms with Gasteiger partial charge >= 0.3 is 5.97 Å². The number of benzene rings is 1. The summed E-state index contributed by atoms with van der Waals surface area (Å²) >= 11 is 0. The van der Waals surface area contributed by atoms with Crippen LogP contribution in [0.3, 0.4) is 0 Å². The molecule has 0 aliphatic rings. The van der Waals surface area contributed by atoms with E-state index in [4.69, 9.17) is 9.57 Å². The van der Waals surface area contributed by atoms with Crippen molar-refractivity contribution in [3.63, 3.8) is 0 Å². The van der Waals surface area contributed by atoms with Crippen molar-refractivity contribution in [3.05, 3.63) is 54.1 Å². The minimum atomic E-state index is -0.422. The predicted molar refractivity (Wildman–Crippen MR) is 89.2 cm³/mol. The fraction of sp³-hybridized carbons (Fsp3) is 0.333. The Bertz CT molecular complexity index is 564. The Morgan fingerprint density at radius 2 is 1.91 bits per heavy atom. The Balaban J connectivity index is 2.88. The SMILES string of the molecule is CCCCOC(=O)/C=C/C=C(\C(=O)N(C)OC)c1ccccc1. The first kappa shape index (κ1) is 18.6. The van der Waals surface area contributed by atoms with Crippen molar-refractivity contribution < 1.29 is 19.2 Å². The smallest absolute Gasteiger partial charge is 0.330 e. The average molecular weight is 317 g/mol. The number of hydrogen-bond acceptors (Lipinski definition) is 4. The van der Waals surface area contributed by atoms with Crippen molar-refractivity contribution in [2.24, 2.45) is 0 Å². The van der Waals surface area contributed by atoms with Gasteiger partial charge in [0.15, 0.2) is 0 Å². The molecule has 0 saturated heterocycles. The van der Waals surface area contributed by atoms with Crippen LogP contribution in [0.1, 0.15) is 25.3 Å². The third-order valence-corrected chi connectivity index (χ3v) is 3.11. The number of ether oxygens (including phenoxy) is 1. The second-order valence-corrected chi connectivity index (χ2v) is 4.81. The molecule has 0 heterocycles. The number of esters is 1. The van der Waals surface area contributed by atoms with Gasteiger partial charge in [0.25, 0.3) is 5.91 Å². The van der Waals surface area contributed by atoms with Crippen molar-refractivity contribution >= 4 is 17.4 Å². The normalized spacial score (nSPS) is 11.5. The Kier molecular flexibility index (Phi) is 8.39. The Morgan fingerprint density at radius 1 is 1.22 bits per heavy atom. The van der Waals surface area contributed by atoms with Gasteiger partial charge < -0.3 is 4.74 Å². The highest BCUT2D eigenvalue weighted by atomic mass is 16.7. The maximum Gasteiger partial charge on any atom is 0.330 e. The maximum atomic E-state index is 12.3. The molecule has 0 aliphatic heterocycles. The van der Waals surface area contributed by atoms with E-state index in [0.717, 1.165) is 23.5 Å². The van der Waals surface area contributed by atoms with Crippen molar-refractivity contribution in [3.8, 4) is 0 Å². The van der Waals surface area contributed by atoms with Crippen LogP contribution < -0.4 is 0 Å². The lowest BCUT2D eigenvalue weighted by atomic mass is 10.0. The van der Waals surface area contributed by atoms with Crippen LogP contribution in [0.15, 0.2) is 48.6 Å². The summed E-state index contributed by atoms with van der Waals surface area (Å²) in [5, 5.41) is 1.13. The lowest BCUT2D eigenvalue weighted by Crippen LogP contribution is -2.26. The predicted octanol–water partition coefficient (Wildman–Crippen LogP) is 2.99. The molecule has 124 valence electrons. The molecule has 1 rings (SSSR count). The molecule has 0 atom stereocenters. The molecular formula is C18H23NO4. The topological polar surface area (TPSA) is 55.8 Å². The average Bonchev–Trinajstić information content (AvgIpc) is 2.58. The Morgan fingerprint density at radius 3 is 2.52 bits per heavy atom. The van der Waals surface area contributed by atoms with E-state index >= 15 is 0 Å². The third-order valence-electron chi connectivity index (χ3n) is 3.11. The zero-order valence-electron chi connectivity index (χ0n) is 13.8. The first-order chi connectivity index (χ1) is 11.1. The number of allylic oxidation sites excluding steroid dienone is 2. The number of amides is 1. The molecule has 0 radical (unpaired) electrons. The fourth-order valence-corrected chi connectivity index (χ4v) is 1.75. The maximum absolute atomic E-state index is 12.3. The van der Waals surface area contributed by atoms with Gasteiger partial charge in [0.2, 0.25) is 0 Å². The van der Waals surface area contributed by atoms with Gasteiger partial charge in [-0.3, -0.25) is 9.63 Å². The summed E-state index contributed by atoms with van der Waals surface area (Å²) in [6.45, 7) is 2.43. The van der Waals surface area contributed by atoms with Crippen LogP contribution in [0.25, 0.3) is 5.57 Å². The molecule has 0 N–H and O–H groups in total. The number of likely N-dealkylation sites (N-methyl/N-ethyl adjacent to an activating group) is 1. The number of carbonyl (C=O) groups is 2. The van der Waals surface area contributed by atoms with Crippen LogP contribution in [0.4, 0.5) is 0 Å². The molecule has 1 amide bonds. The van der Waals surface area contributed by atoms with Gasteiger partial charge in [0.1, 0.15) is 0 Å². The summed E-state index contributed by atoms with van der Waals surface area (Å²) in [7, 11) is 2.95. The minimum Gasteiger partial charge on any atom is -0.463 e. The zero-order valence-corrected chi connectivity index (χ0v) is 13.8. The summed E-state index contributed by atoms with van der Waals surface area (Å²) in [5.74, 6) is -0.725.